The summed E-state index contributed by atoms with van der Waals surface area (Å²) in [5.74, 6) is 0.0523. The molecule has 0 spiro atoms. The number of hydrogen-bond acceptors (Lipinski definition) is 3. The number of nitrogens with zero attached hydrogens (tertiary/aromatic N) is 1. The molecular weight excluding hydrogens is 334 g/mol. The Morgan fingerprint density at radius 2 is 1.64 bits per heavy atom. The highest BCUT2D eigenvalue weighted by molar-refractivity contribution is 7.92. The monoisotopic (exact) mass is 359 g/mol. The van der Waals surface area contributed by atoms with E-state index in [0.29, 0.717) is 25.3 Å². The summed E-state index contributed by atoms with van der Waals surface area (Å²) < 4.78 is 33.3. The highest BCUT2D eigenvalue weighted by Gasteiger charge is 2.28. The molecule has 0 aliphatic carbocycles. The fourth-order valence-electron chi connectivity index (χ4n) is 3.16. The minimum absolute atomic E-state index is 0.0523. The van der Waals surface area contributed by atoms with Gasteiger partial charge in [-0.2, -0.15) is 0 Å². The van der Waals surface area contributed by atoms with Crippen LogP contribution in [0.1, 0.15) is 24.8 Å². The summed E-state index contributed by atoms with van der Waals surface area (Å²) >= 11 is 0. The summed E-state index contributed by atoms with van der Waals surface area (Å²) in [6.07, 6.45) is 3.37. The average Bonchev–Trinajstić information content (AvgIpc) is 2.64. The van der Waals surface area contributed by atoms with Crippen LogP contribution in [-0.4, -0.2) is 33.4 Å². The fourth-order valence-corrected chi connectivity index (χ4v) is 4.89. The zero-order valence-corrected chi connectivity index (χ0v) is 15.2. The maximum atomic E-state index is 13.1. The van der Waals surface area contributed by atoms with E-state index in [0.717, 1.165) is 24.8 Å². The van der Waals surface area contributed by atoms with Crippen LogP contribution in [0.4, 0.5) is 5.69 Å². The van der Waals surface area contributed by atoms with Crippen molar-refractivity contribution in [2.75, 3.05) is 23.2 Å². The minimum Gasteiger partial charge on any atom is -0.377 e. The largest absolute Gasteiger partial charge is 0.377 e. The Morgan fingerprint density at radius 3 is 2.28 bits per heavy atom. The molecule has 0 radical (unpaired) electrons. The maximum Gasteiger partial charge on any atom is 0.237 e. The van der Waals surface area contributed by atoms with Crippen molar-refractivity contribution < 1.29 is 13.2 Å². The van der Waals surface area contributed by atoms with Gasteiger partial charge in [-0.1, -0.05) is 48.5 Å². The molecule has 134 valence electrons. The molecule has 1 atom stereocenters. The Morgan fingerprint density at radius 1 is 0.960 bits per heavy atom. The Balaban J connectivity index is 1.77. The van der Waals surface area contributed by atoms with Crippen molar-refractivity contribution in [1.82, 2.24) is 0 Å². The molecule has 0 N–H and O–H groups in total. The molecular formula is C20H25NO3S. The topological polar surface area (TPSA) is 46.6 Å². The van der Waals surface area contributed by atoms with Crippen LogP contribution in [0, 0.1) is 0 Å². The van der Waals surface area contributed by atoms with Crippen LogP contribution >= 0.6 is 0 Å². The van der Waals surface area contributed by atoms with Gasteiger partial charge < -0.3 is 4.74 Å². The Labute approximate surface area is 150 Å². The molecule has 1 heterocycles. The predicted octanol–water partition coefficient (Wildman–Crippen LogP) is 3.63. The lowest BCUT2D eigenvalue weighted by atomic mass is 10.1. The fraction of sp³-hybridized carbons (Fsp3) is 0.400. The van der Waals surface area contributed by atoms with Gasteiger partial charge in [0.2, 0.25) is 10.0 Å². The number of benzene rings is 2. The van der Waals surface area contributed by atoms with Crippen LogP contribution in [0.3, 0.4) is 0 Å². The molecule has 2 aromatic carbocycles. The number of para-hydroxylation sites is 1. The Hall–Kier alpha value is -1.85. The molecule has 1 unspecified atom stereocenters. The molecule has 3 rings (SSSR count). The number of ether oxygens (including phenoxy) is 1. The molecule has 5 heteroatoms. The quantitative estimate of drug-likeness (QED) is 0.758. The van der Waals surface area contributed by atoms with Gasteiger partial charge in [0.05, 0.1) is 17.5 Å². The second-order valence-corrected chi connectivity index (χ2v) is 8.35. The number of sulfonamides is 1. The third kappa shape index (κ3) is 5.06. The van der Waals surface area contributed by atoms with Crippen LogP contribution in [0.2, 0.25) is 0 Å². The van der Waals surface area contributed by atoms with Crippen LogP contribution in [0.25, 0.3) is 0 Å². The summed E-state index contributed by atoms with van der Waals surface area (Å²) in [6.45, 7) is 1.10. The Kier molecular flexibility index (Phi) is 6.10. The first kappa shape index (κ1) is 18.0. The molecule has 1 aliphatic rings. The van der Waals surface area contributed by atoms with Crippen LogP contribution in [0.15, 0.2) is 60.7 Å². The van der Waals surface area contributed by atoms with E-state index >= 15 is 0 Å². The van der Waals surface area contributed by atoms with Gasteiger partial charge in [-0.05, 0) is 43.4 Å². The molecule has 0 saturated carbocycles. The molecule has 0 bridgehead atoms. The first-order valence-electron chi connectivity index (χ1n) is 8.86. The van der Waals surface area contributed by atoms with Gasteiger partial charge in [0.25, 0.3) is 0 Å². The van der Waals surface area contributed by atoms with Gasteiger partial charge in [0.1, 0.15) is 0 Å². The summed E-state index contributed by atoms with van der Waals surface area (Å²) in [5.41, 5.74) is 1.85. The molecule has 1 saturated heterocycles. The molecule has 25 heavy (non-hydrogen) atoms. The highest BCUT2D eigenvalue weighted by Crippen LogP contribution is 2.22. The van der Waals surface area contributed by atoms with Crippen molar-refractivity contribution in [1.29, 1.82) is 0 Å². The smallest absolute Gasteiger partial charge is 0.237 e. The lowest BCUT2D eigenvalue weighted by Gasteiger charge is -2.28. The van der Waals surface area contributed by atoms with E-state index in [1.807, 2.05) is 60.7 Å². The normalized spacial score (nSPS) is 18.0. The zero-order chi connectivity index (χ0) is 17.5. The van der Waals surface area contributed by atoms with Crippen molar-refractivity contribution in [3.8, 4) is 0 Å². The van der Waals surface area contributed by atoms with E-state index in [4.69, 9.17) is 4.74 Å². The molecule has 1 aliphatic heterocycles. The van der Waals surface area contributed by atoms with Gasteiger partial charge in [-0.15, -0.1) is 0 Å². The van der Waals surface area contributed by atoms with Crippen molar-refractivity contribution in [2.24, 2.45) is 0 Å². The van der Waals surface area contributed by atoms with E-state index in [2.05, 4.69) is 0 Å². The van der Waals surface area contributed by atoms with Gasteiger partial charge >= 0.3 is 0 Å². The van der Waals surface area contributed by atoms with E-state index in [1.165, 1.54) is 4.31 Å². The minimum atomic E-state index is -3.44. The first-order valence-corrected chi connectivity index (χ1v) is 10.5. The van der Waals surface area contributed by atoms with Crippen LogP contribution in [0.5, 0.6) is 0 Å². The molecule has 2 aromatic rings. The zero-order valence-electron chi connectivity index (χ0n) is 14.4. The average molecular weight is 359 g/mol. The van der Waals surface area contributed by atoms with E-state index in [9.17, 15) is 8.42 Å². The SMILES string of the molecule is O=S(=O)(CC1CCCCO1)N(CCc1ccccc1)c1ccccc1. The number of anilines is 1. The van der Waals surface area contributed by atoms with Gasteiger partial charge in [0.15, 0.2) is 0 Å². The lowest BCUT2D eigenvalue weighted by Crippen LogP contribution is -2.39. The van der Waals surface area contributed by atoms with E-state index < -0.39 is 10.0 Å². The summed E-state index contributed by atoms with van der Waals surface area (Å²) in [5, 5.41) is 0. The summed E-state index contributed by atoms with van der Waals surface area (Å²) in [7, 11) is -3.44. The first-order chi connectivity index (χ1) is 12.1. The lowest BCUT2D eigenvalue weighted by molar-refractivity contribution is 0.0305. The summed E-state index contributed by atoms with van der Waals surface area (Å²) in [6, 6.07) is 19.3. The summed E-state index contributed by atoms with van der Waals surface area (Å²) in [4.78, 5) is 0. The van der Waals surface area contributed by atoms with Gasteiger partial charge in [-0.3, -0.25) is 4.31 Å². The van der Waals surface area contributed by atoms with Crippen LogP contribution in [-0.2, 0) is 21.2 Å². The number of rotatable bonds is 7. The second-order valence-electron chi connectivity index (χ2n) is 6.41. The molecule has 0 aromatic heterocycles. The van der Waals surface area contributed by atoms with E-state index in [1.54, 1.807) is 0 Å². The number of hydrogen-bond donors (Lipinski definition) is 0. The predicted molar refractivity (Wildman–Crippen MR) is 101 cm³/mol. The van der Waals surface area contributed by atoms with Crippen molar-refractivity contribution in [2.45, 2.75) is 31.8 Å². The third-order valence-corrected chi connectivity index (χ3v) is 6.35. The van der Waals surface area contributed by atoms with Gasteiger partial charge in [-0.25, -0.2) is 8.42 Å². The van der Waals surface area contributed by atoms with Crippen molar-refractivity contribution >= 4 is 15.7 Å². The molecule has 0 amide bonds. The van der Waals surface area contributed by atoms with Crippen molar-refractivity contribution in [3.63, 3.8) is 0 Å². The molecule has 1 fully saturated rings. The van der Waals surface area contributed by atoms with Gasteiger partial charge in [0, 0.05) is 13.2 Å². The van der Waals surface area contributed by atoms with Crippen LogP contribution < -0.4 is 4.31 Å². The maximum absolute atomic E-state index is 13.1. The molecule has 4 nitrogen and oxygen atoms in total. The highest BCUT2D eigenvalue weighted by atomic mass is 32.2. The second kappa shape index (κ2) is 8.50. The third-order valence-electron chi connectivity index (χ3n) is 4.50. The van der Waals surface area contributed by atoms with E-state index in [-0.39, 0.29) is 11.9 Å². The standard InChI is InChI=1S/C20H25NO3S/c22-25(23,17-20-13-7-8-16-24-20)21(19-11-5-2-6-12-19)15-14-18-9-3-1-4-10-18/h1-6,9-12,20H,7-8,13-17H2. The van der Waals surface area contributed by atoms with Crippen molar-refractivity contribution in [3.05, 3.63) is 66.2 Å². The Bertz CT molecular complexity index is 741.